The molecule has 0 amide bonds. The summed E-state index contributed by atoms with van der Waals surface area (Å²) in [6.45, 7) is 8.27. The van der Waals surface area contributed by atoms with Crippen molar-refractivity contribution in [1.82, 2.24) is 9.78 Å². The Morgan fingerprint density at radius 2 is 2.00 bits per heavy atom. The maximum absolute atomic E-state index is 6.57. The summed E-state index contributed by atoms with van der Waals surface area (Å²) in [5, 5.41) is 5.55. The first kappa shape index (κ1) is 16.8. The van der Waals surface area contributed by atoms with Crippen molar-refractivity contribution in [2.24, 2.45) is 23.5 Å². The van der Waals surface area contributed by atoms with Crippen molar-refractivity contribution in [3.8, 4) is 0 Å². The van der Waals surface area contributed by atoms with Crippen molar-refractivity contribution in [3.63, 3.8) is 0 Å². The van der Waals surface area contributed by atoms with E-state index in [-0.39, 0.29) is 0 Å². The minimum atomic E-state index is 0.647. The van der Waals surface area contributed by atoms with Crippen LogP contribution in [-0.2, 0) is 19.4 Å². The minimum Gasteiger partial charge on any atom is -0.330 e. The second-order valence-corrected chi connectivity index (χ2v) is 6.80. The number of aromatic nitrogens is 2. The molecule has 1 aromatic rings. The van der Waals surface area contributed by atoms with Crippen molar-refractivity contribution in [1.29, 1.82) is 0 Å². The highest BCUT2D eigenvalue weighted by Gasteiger charge is 2.30. The summed E-state index contributed by atoms with van der Waals surface area (Å²) in [6.07, 6.45) is 7.15. The van der Waals surface area contributed by atoms with Gasteiger partial charge in [-0.05, 0) is 56.9 Å². The normalized spacial score (nSPS) is 26.2. The van der Waals surface area contributed by atoms with Gasteiger partial charge in [0.1, 0.15) is 0 Å². The van der Waals surface area contributed by atoms with E-state index in [2.05, 4.69) is 30.6 Å². The largest absolute Gasteiger partial charge is 0.330 e. The number of halogens is 1. The molecule has 1 heterocycles. The van der Waals surface area contributed by atoms with Crippen LogP contribution < -0.4 is 5.73 Å². The fourth-order valence-electron chi connectivity index (χ4n) is 3.82. The van der Waals surface area contributed by atoms with E-state index in [1.54, 1.807) is 0 Å². The third-order valence-electron chi connectivity index (χ3n) is 5.28. The summed E-state index contributed by atoms with van der Waals surface area (Å²) in [4.78, 5) is 0. The molecule has 3 unspecified atom stereocenters. The Morgan fingerprint density at radius 3 is 2.57 bits per heavy atom. The average Bonchev–Trinajstić information content (AvgIpc) is 2.83. The summed E-state index contributed by atoms with van der Waals surface area (Å²) < 4.78 is 2.10. The van der Waals surface area contributed by atoms with Gasteiger partial charge in [0.05, 0.1) is 16.4 Å². The summed E-state index contributed by atoms with van der Waals surface area (Å²) >= 11 is 6.57. The maximum Gasteiger partial charge on any atom is 0.0849 e. The SMILES string of the molecule is CCc1nn(CC)c(CC2CC(CC)CCC2CN)c1Cl. The van der Waals surface area contributed by atoms with Crippen LogP contribution in [0.1, 0.15) is 57.8 Å². The van der Waals surface area contributed by atoms with Gasteiger partial charge < -0.3 is 5.73 Å². The fourth-order valence-corrected chi connectivity index (χ4v) is 4.16. The van der Waals surface area contributed by atoms with Gasteiger partial charge in [-0.1, -0.05) is 38.3 Å². The Hall–Kier alpha value is -0.540. The van der Waals surface area contributed by atoms with Gasteiger partial charge in [-0.15, -0.1) is 0 Å². The average molecular weight is 312 g/mol. The monoisotopic (exact) mass is 311 g/mol. The van der Waals surface area contributed by atoms with Crippen LogP contribution in [0.15, 0.2) is 0 Å². The zero-order chi connectivity index (χ0) is 15.4. The van der Waals surface area contributed by atoms with E-state index in [0.29, 0.717) is 11.8 Å². The highest BCUT2D eigenvalue weighted by Crippen LogP contribution is 2.38. The van der Waals surface area contributed by atoms with Crippen molar-refractivity contribution in [3.05, 3.63) is 16.4 Å². The number of rotatable bonds is 6. The summed E-state index contributed by atoms with van der Waals surface area (Å²) in [6, 6.07) is 0. The van der Waals surface area contributed by atoms with E-state index in [9.17, 15) is 0 Å². The number of hydrogen-bond donors (Lipinski definition) is 1. The molecule has 1 fully saturated rings. The fraction of sp³-hybridized carbons (Fsp3) is 0.824. The summed E-state index contributed by atoms with van der Waals surface area (Å²) in [7, 11) is 0. The van der Waals surface area contributed by atoms with Crippen molar-refractivity contribution >= 4 is 11.6 Å². The van der Waals surface area contributed by atoms with Gasteiger partial charge in [0.2, 0.25) is 0 Å². The van der Waals surface area contributed by atoms with Crippen LogP contribution in [0.2, 0.25) is 5.02 Å². The first-order chi connectivity index (χ1) is 10.1. The second kappa shape index (κ2) is 7.64. The topological polar surface area (TPSA) is 43.8 Å². The van der Waals surface area contributed by atoms with Crippen molar-refractivity contribution in [2.75, 3.05) is 6.54 Å². The Balaban J connectivity index is 2.20. The number of nitrogens with two attached hydrogens (primary N) is 1. The number of hydrogen-bond acceptors (Lipinski definition) is 2. The standard InChI is InChI=1S/C17H30ClN3/c1-4-12-7-8-13(11-19)14(9-12)10-16-17(18)15(5-2)20-21(16)6-3/h12-14H,4-11,19H2,1-3H3. The van der Waals surface area contributed by atoms with Crippen LogP contribution in [-0.4, -0.2) is 16.3 Å². The van der Waals surface area contributed by atoms with Gasteiger partial charge in [0, 0.05) is 6.54 Å². The van der Waals surface area contributed by atoms with Crippen LogP contribution in [0.4, 0.5) is 0 Å². The van der Waals surface area contributed by atoms with E-state index in [1.165, 1.54) is 31.4 Å². The molecular weight excluding hydrogens is 282 g/mol. The highest BCUT2D eigenvalue weighted by atomic mass is 35.5. The quantitative estimate of drug-likeness (QED) is 0.861. The van der Waals surface area contributed by atoms with Gasteiger partial charge in [-0.2, -0.15) is 5.10 Å². The molecule has 1 aliphatic carbocycles. The van der Waals surface area contributed by atoms with Crippen LogP contribution >= 0.6 is 11.6 Å². The lowest BCUT2D eigenvalue weighted by atomic mass is 9.71. The smallest absolute Gasteiger partial charge is 0.0849 e. The lowest BCUT2D eigenvalue weighted by molar-refractivity contribution is 0.177. The summed E-state index contributed by atoms with van der Waals surface area (Å²) in [5.41, 5.74) is 8.29. The number of aryl methyl sites for hydroxylation is 2. The molecule has 0 bridgehead atoms. The molecule has 3 atom stereocenters. The first-order valence-corrected chi connectivity index (χ1v) is 8.96. The predicted molar refractivity (Wildman–Crippen MR) is 89.7 cm³/mol. The molecule has 1 saturated carbocycles. The second-order valence-electron chi connectivity index (χ2n) is 6.42. The maximum atomic E-state index is 6.57. The Bertz CT molecular complexity index is 455. The molecule has 3 nitrogen and oxygen atoms in total. The Labute approximate surface area is 134 Å². The van der Waals surface area contributed by atoms with E-state index in [0.717, 1.165) is 42.6 Å². The third kappa shape index (κ3) is 3.62. The minimum absolute atomic E-state index is 0.647. The molecule has 0 aromatic carbocycles. The predicted octanol–water partition coefficient (Wildman–Crippen LogP) is 4.06. The number of nitrogens with zero attached hydrogens (tertiary/aromatic N) is 2. The molecule has 1 aromatic heterocycles. The Kier molecular flexibility index (Phi) is 6.12. The van der Waals surface area contributed by atoms with E-state index >= 15 is 0 Å². The molecular formula is C17H30ClN3. The van der Waals surface area contributed by atoms with Crippen LogP contribution in [0.5, 0.6) is 0 Å². The molecule has 4 heteroatoms. The van der Waals surface area contributed by atoms with E-state index < -0.39 is 0 Å². The van der Waals surface area contributed by atoms with Gasteiger partial charge in [-0.3, -0.25) is 4.68 Å². The molecule has 1 aliphatic rings. The lowest BCUT2D eigenvalue weighted by Crippen LogP contribution is -2.32. The van der Waals surface area contributed by atoms with Gasteiger partial charge in [-0.25, -0.2) is 0 Å². The highest BCUT2D eigenvalue weighted by molar-refractivity contribution is 6.31. The first-order valence-electron chi connectivity index (χ1n) is 8.58. The molecule has 2 rings (SSSR count). The van der Waals surface area contributed by atoms with E-state index in [1.807, 2.05) is 0 Å². The van der Waals surface area contributed by atoms with Gasteiger partial charge >= 0.3 is 0 Å². The van der Waals surface area contributed by atoms with Crippen LogP contribution in [0, 0.1) is 17.8 Å². The van der Waals surface area contributed by atoms with Crippen molar-refractivity contribution < 1.29 is 0 Å². The molecule has 0 radical (unpaired) electrons. The van der Waals surface area contributed by atoms with Gasteiger partial charge in [0.25, 0.3) is 0 Å². The molecule has 21 heavy (non-hydrogen) atoms. The molecule has 0 spiro atoms. The van der Waals surface area contributed by atoms with Crippen LogP contribution in [0.3, 0.4) is 0 Å². The zero-order valence-corrected chi connectivity index (χ0v) is 14.5. The third-order valence-corrected chi connectivity index (χ3v) is 5.71. The molecule has 0 aliphatic heterocycles. The molecule has 120 valence electrons. The van der Waals surface area contributed by atoms with Crippen LogP contribution in [0.25, 0.3) is 0 Å². The van der Waals surface area contributed by atoms with Gasteiger partial charge in [0.15, 0.2) is 0 Å². The van der Waals surface area contributed by atoms with E-state index in [4.69, 9.17) is 17.3 Å². The zero-order valence-electron chi connectivity index (χ0n) is 13.7. The summed E-state index contributed by atoms with van der Waals surface area (Å²) in [5.74, 6) is 2.17. The van der Waals surface area contributed by atoms with Crippen molar-refractivity contribution in [2.45, 2.75) is 65.8 Å². The lowest BCUT2D eigenvalue weighted by Gasteiger charge is -2.35. The molecule has 2 N–H and O–H groups in total. The molecule has 0 saturated heterocycles. The Morgan fingerprint density at radius 1 is 1.24 bits per heavy atom.